The maximum absolute atomic E-state index is 6.23. The molecule has 2 rings (SSSR count). The van der Waals surface area contributed by atoms with Gasteiger partial charge in [-0.3, -0.25) is 4.98 Å². The summed E-state index contributed by atoms with van der Waals surface area (Å²) in [4.78, 5) is 4.61. The van der Waals surface area contributed by atoms with Gasteiger partial charge in [-0.05, 0) is 36.6 Å². The smallest absolute Gasteiger partial charge is 0.0895 e. The summed E-state index contributed by atoms with van der Waals surface area (Å²) in [6, 6.07) is 5.55. The summed E-state index contributed by atoms with van der Waals surface area (Å²) in [7, 11) is 0. The van der Waals surface area contributed by atoms with Gasteiger partial charge in [0.2, 0.25) is 0 Å². The second kappa shape index (κ2) is 5.04. The molecule has 0 aliphatic carbocycles. The van der Waals surface area contributed by atoms with Crippen molar-refractivity contribution < 1.29 is 0 Å². The van der Waals surface area contributed by atoms with E-state index in [0.29, 0.717) is 16.0 Å². The summed E-state index contributed by atoms with van der Waals surface area (Å²) in [5, 5.41) is 2.11. The van der Waals surface area contributed by atoms with E-state index in [4.69, 9.17) is 28.9 Å². The summed E-state index contributed by atoms with van der Waals surface area (Å²) < 4.78 is 0. The van der Waals surface area contributed by atoms with Gasteiger partial charge in [0, 0.05) is 22.1 Å². The Morgan fingerprint density at radius 3 is 2.33 bits per heavy atom. The highest BCUT2D eigenvalue weighted by Crippen LogP contribution is 2.32. The van der Waals surface area contributed by atoms with Crippen LogP contribution in [0.25, 0.3) is 10.9 Å². The molecule has 4 heteroatoms. The van der Waals surface area contributed by atoms with E-state index in [0.717, 1.165) is 22.2 Å². The van der Waals surface area contributed by atoms with E-state index in [1.54, 1.807) is 6.07 Å². The first-order chi connectivity index (χ1) is 8.40. The normalized spacial score (nSPS) is 13.3. The van der Waals surface area contributed by atoms with E-state index >= 15 is 0 Å². The van der Waals surface area contributed by atoms with Crippen molar-refractivity contribution in [1.29, 1.82) is 0 Å². The van der Waals surface area contributed by atoms with Crippen LogP contribution in [0.5, 0.6) is 0 Å². The number of aromatic nitrogens is 1. The summed E-state index contributed by atoms with van der Waals surface area (Å²) in [6.07, 6.45) is 0. The fourth-order valence-corrected chi connectivity index (χ4v) is 2.51. The molecule has 1 unspecified atom stereocenters. The topological polar surface area (TPSA) is 38.9 Å². The van der Waals surface area contributed by atoms with Crippen LogP contribution in [0.1, 0.15) is 44.0 Å². The molecule has 0 saturated carbocycles. The Hall–Kier alpha value is -0.830. The highest BCUT2D eigenvalue weighted by Gasteiger charge is 2.14. The van der Waals surface area contributed by atoms with Crippen LogP contribution < -0.4 is 5.73 Å². The van der Waals surface area contributed by atoms with Crippen molar-refractivity contribution in [3.05, 3.63) is 39.5 Å². The standard InChI is InChI=1S/C14H16Cl2N2/c1-7(2)13-6-10(8(3)17)11-4-9(15)5-12(16)14(11)18-13/h4-8H,17H2,1-3H3. The molecule has 1 heterocycles. The number of fused-ring (bicyclic) bond motifs is 1. The minimum Gasteiger partial charge on any atom is -0.324 e. The zero-order valence-electron chi connectivity index (χ0n) is 10.7. The summed E-state index contributed by atoms with van der Waals surface area (Å²) in [5.74, 6) is 0.332. The molecule has 1 aromatic heterocycles. The van der Waals surface area contributed by atoms with E-state index in [9.17, 15) is 0 Å². The molecule has 0 saturated heterocycles. The van der Waals surface area contributed by atoms with Crippen LogP contribution >= 0.6 is 23.2 Å². The molecule has 0 amide bonds. The summed E-state index contributed by atoms with van der Waals surface area (Å²) >= 11 is 12.3. The predicted octanol–water partition coefficient (Wildman–Crippen LogP) is 4.68. The molecule has 0 aliphatic heterocycles. The fraction of sp³-hybridized carbons (Fsp3) is 0.357. The van der Waals surface area contributed by atoms with Crippen molar-refractivity contribution in [2.24, 2.45) is 5.73 Å². The predicted molar refractivity (Wildman–Crippen MR) is 78.5 cm³/mol. The lowest BCUT2D eigenvalue weighted by atomic mass is 9.99. The third-order valence-electron chi connectivity index (χ3n) is 2.97. The van der Waals surface area contributed by atoms with Gasteiger partial charge in [-0.15, -0.1) is 0 Å². The first kappa shape index (κ1) is 13.6. The Bertz CT molecular complexity index is 592. The van der Waals surface area contributed by atoms with Crippen molar-refractivity contribution in [1.82, 2.24) is 4.98 Å². The fourth-order valence-electron chi connectivity index (χ4n) is 1.97. The molecular weight excluding hydrogens is 267 g/mol. The molecule has 0 radical (unpaired) electrons. The van der Waals surface area contributed by atoms with Crippen LogP contribution in [0, 0.1) is 0 Å². The number of nitrogens with zero attached hydrogens (tertiary/aromatic N) is 1. The van der Waals surface area contributed by atoms with Gasteiger partial charge in [-0.2, -0.15) is 0 Å². The molecule has 96 valence electrons. The number of halogens is 2. The van der Waals surface area contributed by atoms with Crippen LogP contribution in [-0.4, -0.2) is 4.98 Å². The van der Waals surface area contributed by atoms with E-state index < -0.39 is 0 Å². The maximum atomic E-state index is 6.23. The largest absolute Gasteiger partial charge is 0.324 e. The van der Waals surface area contributed by atoms with Gasteiger partial charge >= 0.3 is 0 Å². The van der Waals surface area contributed by atoms with Crippen LogP contribution in [0.3, 0.4) is 0 Å². The van der Waals surface area contributed by atoms with Crippen molar-refractivity contribution in [3.8, 4) is 0 Å². The lowest BCUT2D eigenvalue weighted by Gasteiger charge is -2.15. The highest BCUT2D eigenvalue weighted by molar-refractivity contribution is 6.38. The van der Waals surface area contributed by atoms with Crippen LogP contribution in [0.4, 0.5) is 0 Å². The highest BCUT2D eigenvalue weighted by atomic mass is 35.5. The number of hydrogen-bond acceptors (Lipinski definition) is 2. The van der Waals surface area contributed by atoms with Gasteiger partial charge in [0.25, 0.3) is 0 Å². The Morgan fingerprint density at radius 1 is 1.11 bits per heavy atom. The Balaban J connectivity index is 2.85. The zero-order valence-corrected chi connectivity index (χ0v) is 12.2. The van der Waals surface area contributed by atoms with Gasteiger partial charge in [0.1, 0.15) is 0 Å². The van der Waals surface area contributed by atoms with Gasteiger partial charge in [0.15, 0.2) is 0 Å². The van der Waals surface area contributed by atoms with Crippen LogP contribution in [0.2, 0.25) is 10.0 Å². The lowest BCUT2D eigenvalue weighted by molar-refractivity contribution is 0.794. The molecule has 18 heavy (non-hydrogen) atoms. The quantitative estimate of drug-likeness (QED) is 0.868. The van der Waals surface area contributed by atoms with Crippen LogP contribution in [0.15, 0.2) is 18.2 Å². The summed E-state index contributed by atoms with van der Waals surface area (Å²) in [6.45, 7) is 6.15. The van der Waals surface area contributed by atoms with E-state index in [1.165, 1.54) is 0 Å². The molecule has 1 aromatic carbocycles. The Kier molecular flexibility index (Phi) is 3.81. The number of benzene rings is 1. The lowest BCUT2D eigenvalue weighted by Crippen LogP contribution is -2.08. The maximum Gasteiger partial charge on any atom is 0.0895 e. The first-order valence-electron chi connectivity index (χ1n) is 5.95. The average Bonchev–Trinajstić information content (AvgIpc) is 2.27. The van der Waals surface area contributed by atoms with Crippen molar-refractivity contribution in [2.75, 3.05) is 0 Å². The third-order valence-corrected chi connectivity index (χ3v) is 3.47. The number of rotatable bonds is 2. The molecular formula is C14H16Cl2N2. The number of pyridine rings is 1. The van der Waals surface area contributed by atoms with Crippen LogP contribution in [-0.2, 0) is 0 Å². The second-order valence-corrected chi connectivity index (χ2v) is 5.71. The number of hydrogen-bond donors (Lipinski definition) is 1. The van der Waals surface area contributed by atoms with E-state index in [-0.39, 0.29) is 6.04 Å². The Morgan fingerprint density at radius 2 is 1.78 bits per heavy atom. The molecule has 0 aliphatic rings. The minimum absolute atomic E-state index is 0.0810. The SMILES string of the molecule is CC(C)c1cc(C(C)N)c2cc(Cl)cc(Cl)c2n1. The van der Waals surface area contributed by atoms with Gasteiger partial charge < -0.3 is 5.73 Å². The van der Waals surface area contributed by atoms with Gasteiger partial charge in [-0.1, -0.05) is 37.0 Å². The van der Waals surface area contributed by atoms with E-state index in [2.05, 4.69) is 18.8 Å². The third kappa shape index (κ3) is 2.46. The zero-order chi connectivity index (χ0) is 13.4. The minimum atomic E-state index is -0.0810. The molecule has 1 atom stereocenters. The second-order valence-electron chi connectivity index (χ2n) is 4.86. The first-order valence-corrected chi connectivity index (χ1v) is 6.71. The molecule has 2 aromatic rings. The molecule has 0 spiro atoms. The van der Waals surface area contributed by atoms with E-state index in [1.807, 2.05) is 19.1 Å². The molecule has 0 bridgehead atoms. The number of nitrogens with two attached hydrogens (primary N) is 1. The van der Waals surface area contributed by atoms with Crippen molar-refractivity contribution >= 4 is 34.1 Å². The van der Waals surface area contributed by atoms with Gasteiger partial charge in [-0.25, -0.2) is 0 Å². The van der Waals surface area contributed by atoms with Crippen molar-refractivity contribution in [3.63, 3.8) is 0 Å². The molecule has 0 fully saturated rings. The average molecular weight is 283 g/mol. The molecule has 2 nitrogen and oxygen atoms in total. The monoisotopic (exact) mass is 282 g/mol. The molecule has 2 N–H and O–H groups in total. The summed E-state index contributed by atoms with van der Waals surface area (Å²) in [5.41, 5.74) is 8.85. The Labute approximate surface area is 117 Å². The van der Waals surface area contributed by atoms with Gasteiger partial charge in [0.05, 0.1) is 10.5 Å². The van der Waals surface area contributed by atoms with Crippen molar-refractivity contribution in [2.45, 2.75) is 32.7 Å².